The second-order valence-electron chi connectivity index (χ2n) is 10.2. The van der Waals surface area contributed by atoms with Crippen LogP contribution >= 0.6 is 0 Å². The molecule has 0 radical (unpaired) electrons. The van der Waals surface area contributed by atoms with Gasteiger partial charge in [-0.1, -0.05) is 62.7 Å². The summed E-state index contributed by atoms with van der Waals surface area (Å²) in [5.74, 6) is -0.625. The van der Waals surface area contributed by atoms with E-state index in [4.69, 9.17) is 14.6 Å². The van der Waals surface area contributed by atoms with E-state index in [9.17, 15) is 9.59 Å². The van der Waals surface area contributed by atoms with Crippen molar-refractivity contribution in [3.8, 4) is 11.5 Å². The van der Waals surface area contributed by atoms with Crippen LogP contribution in [0.4, 0.5) is 0 Å². The van der Waals surface area contributed by atoms with E-state index in [2.05, 4.69) is 38.1 Å². The molecule has 39 heavy (non-hydrogen) atoms. The number of aliphatic carboxylic acids is 1. The van der Waals surface area contributed by atoms with E-state index in [1.54, 1.807) is 12.1 Å². The number of unbranched alkanes of at least 4 members (excludes halogenated alkanes) is 1. The van der Waals surface area contributed by atoms with Crippen molar-refractivity contribution in [3.63, 3.8) is 0 Å². The van der Waals surface area contributed by atoms with Gasteiger partial charge in [-0.15, -0.1) is 0 Å². The summed E-state index contributed by atoms with van der Waals surface area (Å²) in [6.45, 7) is 6.74. The van der Waals surface area contributed by atoms with Crippen molar-refractivity contribution in [2.75, 3.05) is 0 Å². The lowest BCUT2D eigenvalue weighted by molar-refractivity contribution is -0.137. The Bertz CT molecular complexity index is 1520. The SMILES string of the molecule is CCCCC1(c2ccc(CC)cc2)Oc2ccc(C(=O)c3c(C)n(CCCC(=O)O)c4ccccc34)cc2O1. The Balaban J connectivity index is 1.48. The third-order valence-corrected chi connectivity index (χ3v) is 7.65. The van der Waals surface area contributed by atoms with E-state index < -0.39 is 11.8 Å². The van der Waals surface area contributed by atoms with Crippen LogP contribution in [0, 0.1) is 6.92 Å². The van der Waals surface area contributed by atoms with Gasteiger partial charge in [-0.25, -0.2) is 0 Å². The first kappa shape index (κ1) is 26.5. The molecule has 202 valence electrons. The third-order valence-electron chi connectivity index (χ3n) is 7.65. The molecule has 5 rings (SSSR count). The topological polar surface area (TPSA) is 77.8 Å². The number of ether oxygens (including phenoxy) is 2. The fraction of sp³-hybridized carbons (Fsp3) is 0.333. The van der Waals surface area contributed by atoms with Gasteiger partial charge in [0.1, 0.15) is 0 Å². The van der Waals surface area contributed by atoms with E-state index in [-0.39, 0.29) is 12.2 Å². The quantitative estimate of drug-likeness (QED) is 0.206. The number of fused-ring (bicyclic) bond motifs is 2. The van der Waals surface area contributed by atoms with E-state index in [1.807, 2.05) is 41.8 Å². The number of carboxylic acids is 1. The first-order valence-corrected chi connectivity index (χ1v) is 13.8. The van der Waals surface area contributed by atoms with Crippen molar-refractivity contribution in [3.05, 3.63) is 94.7 Å². The predicted octanol–water partition coefficient (Wildman–Crippen LogP) is 7.42. The molecule has 0 spiro atoms. The molecule has 0 saturated carbocycles. The van der Waals surface area contributed by atoms with Crippen molar-refractivity contribution in [2.45, 2.75) is 71.6 Å². The molecule has 1 unspecified atom stereocenters. The fourth-order valence-electron chi connectivity index (χ4n) is 5.50. The minimum absolute atomic E-state index is 0.0817. The molecule has 1 aromatic heterocycles. The second-order valence-corrected chi connectivity index (χ2v) is 10.2. The van der Waals surface area contributed by atoms with E-state index in [0.29, 0.717) is 42.0 Å². The normalized spacial score (nSPS) is 16.1. The van der Waals surface area contributed by atoms with Crippen LogP contribution in [0.1, 0.15) is 78.7 Å². The zero-order valence-electron chi connectivity index (χ0n) is 22.8. The van der Waals surface area contributed by atoms with Gasteiger partial charge >= 0.3 is 5.97 Å². The highest BCUT2D eigenvalue weighted by atomic mass is 16.7. The average Bonchev–Trinajstić information content (AvgIpc) is 3.46. The average molecular weight is 526 g/mol. The highest BCUT2D eigenvalue weighted by Gasteiger charge is 2.43. The molecule has 6 nitrogen and oxygen atoms in total. The molecule has 1 N–H and O–H groups in total. The summed E-state index contributed by atoms with van der Waals surface area (Å²) in [6, 6.07) is 21.6. The molecule has 1 aliphatic rings. The Morgan fingerprint density at radius 1 is 0.923 bits per heavy atom. The maximum Gasteiger partial charge on any atom is 0.303 e. The van der Waals surface area contributed by atoms with Crippen LogP contribution < -0.4 is 9.47 Å². The summed E-state index contributed by atoms with van der Waals surface area (Å²) in [5.41, 5.74) is 5.15. The number of para-hydroxylation sites is 1. The first-order valence-electron chi connectivity index (χ1n) is 13.8. The maximum atomic E-state index is 13.9. The Morgan fingerprint density at radius 2 is 1.67 bits per heavy atom. The Morgan fingerprint density at radius 3 is 2.38 bits per heavy atom. The van der Waals surface area contributed by atoms with Crippen molar-refractivity contribution in [2.24, 2.45) is 0 Å². The number of ketones is 1. The molecule has 4 aromatic rings. The lowest BCUT2D eigenvalue weighted by Gasteiger charge is -2.28. The van der Waals surface area contributed by atoms with Crippen molar-refractivity contribution in [1.82, 2.24) is 4.57 Å². The molecule has 0 saturated heterocycles. The van der Waals surface area contributed by atoms with Gasteiger partial charge in [0.2, 0.25) is 0 Å². The first-order chi connectivity index (χ1) is 18.9. The highest BCUT2D eigenvalue weighted by Crippen LogP contribution is 2.47. The standard InChI is InChI=1S/C33H35NO5/c1-4-6-19-33(25-16-13-23(5-2)14-17-25)38-28-18-15-24(21-29(28)39-33)32(37)31-22(3)34(20-9-12-30(35)36)27-11-8-7-10-26(27)31/h7-8,10-11,13-18,21H,4-6,9,12,19-20H2,1-3H3,(H,35,36). The lowest BCUT2D eigenvalue weighted by Crippen LogP contribution is -2.35. The largest absolute Gasteiger partial charge is 0.481 e. The number of aryl methyl sites for hydroxylation is 2. The molecule has 6 heteroatoms. The smallest absolute Gasteiger partial charge is 0.303 e. The molecule has 0 amide bonds. The fourth-order valence-corrected chi connectivity index (χ4v) is 5.50. The predicted molar refractivity (Wildman–Crippen MR) is 152 cm³/mol. The summed E-state index contributed by atoms with van der Waals surface area (Å²) in [6.07, 6.45) is 4.19. The number of benzene rings is 3. The summed E-state index contributed by atoms with van der Waals surface area (Å²) < 4.78 is 15.1. The Kier molecular flexibility index (Phi) is 7.47. The molecular formula is C33H35NO5. The van der Waals surface area contributed by atoms with Crippen LogP contribution in [0.15, 0.2) is 66.7 Å². The minimum Gasteiger partial charge on any atom is -0.481 e. The van der Waals surface area contributed by atoms with Crippen LogP contribution in [-0.2, 0) is 23.5 Å². The number of hydrogen-bond acceptors (Lipinski definition) is 4. The molecule has 2 heterocycles. The highest BCUT2D eigenvalue weighted by molar-refractivity contribution is 6.17. The zero-order valence-corrected chi connectivity index (χ0v) is 22.8. The van der Waals surface area contributed by atoms with Crippen LogP contribution in [0.3, 0.4) is 0 Å². The summed E-state index contributed by atoms with van der Waals surface area (Å²) in [4.78, 5) is 25.0. The van der Waals surface area contributed by atoms with Gasteiger partial charge in [0, 0.05) is 47.1 Å². The van der Waals surface area contributed by atoms with Crippen molar-refractivity contribution >= 4 is 22.7 Å². The van der Waals surface area contributed by atoms with Gasteiger partial charge in [-0.3, -0.25) is 9.59 Å². The van der Waals surface area contributed by atoms with E-state index >= 15 is 0 Å². The molecule has 0 aliphatic carbocycles. The second kappa shape index (κ2) is 11.0. The number of carbonyl (C=O) groups is 2. The Labute approximate surface area is 229 Å². The van der Waals surface area contributed by atoms with Gasteiger partial charge in [0.25, 0.3) is 5.79 Å². The monoisotopic (exact) mass is 525 g/mol. The van der Waals surface area contributed by atoms with Crippen LogP contribution in [0.5, 0.6) is 11.5 Å². The van der Waals surface area contributed by atoms with E-state index in [0.717, 1.165) is 41.4 Å². The van der Waals surface area contributed by atoms with Crippen molar-refractivity contribution in [1.29, 1.82) is 0 Å². The number of carboxylic acid groups (broad SMARTS) is 1. The van der Waals surface area contributed by atoms with Gasteiger partial charge in [-0.2, -0.15) is 0 Å². The number of aromatic nitrogens is 1. The number of rotatable bonds is 11. The number of nitrogens with zero attached hydrogens (tertiary/aromatic N) is 1. The number of hydrogen-bond donors (Lipinski definition) is 1. The lowest BCUT2D eigenvalue weighted by atomic mass is 9.98. The van der Waals surface area contributed by atoms with Crippen LogP contribution in [0.2, 0.25) is 0 Å². The van der Waals surface area contributed by atoms with Crippen LogP contribution in [0.25, 0.3) is 10.9 Å². The molecule has 0 fully saturated rings. The summed E-state index contributed by atoms with van der Waals surface area (Å²) >= 11 is 0. The molecule has 0 bridgehead atoms. The van der Waals surface area contributed by atoms with Gasteiger partial charge in [-0.05, 0) is 56.0 Å². The zero-order chi connectivity index (χ0) is 27.6. The Hall–Kier alpha value is -4.06. The summed E-state index contributed by atoms with van der Waals surface area (Å²) in [7, 11) is 0. The molecule has 1 atom stereocenters. The molecular weight excluding hydrogens is 490 g/mol. The van der Waals surface area contributed by atoms with Gasteiger partial charge in [0.15, 0.2) is 17.3 Å². The summed E-state index contributed by atoms with van der Waals surface area (Å²) in [5, 5.41) is 9.95. The molecule has 3 aromatic carbocycles. The van der Waals surface area contributed by atoms with Crippen LogP contribution in [-0.4, -0.2) is 21.4 Å². The van der Waals surface area contributed by atoms with E-state index in [1.165, 1.54) is 5.56 Å². The number of carbonyl (C=O) groups excluding carboxylic acids is 1. The van der Waals surface area contributed by atoms with Crippen molar-refractivity contribution < 1.29 is 24.2 Å². The van der Waals surface area contributed by atoms with Gasteiger partial charge < -0.3 is 19.1 Å². The minimum atomic E-state index is -0.914. The van der Waals surface area contributed by atoms with Gasteiger partial charge in [0.05, 0.1) is 5.56 Å². The maximum absolute atomic E-state index is 13.9. The molecule has 1 aliphatic heterocycles. The third kappa shape index (κ3) is 5.03.